The van der Waals surface area contributed by atoms with E-state index in [1.165, 1.54) is 29.5 Å². The van der Waals surface area contributed by atoms with E-state index in [-0.39, 0.29) is 39.5 Å². The molecule has 184 valence electrons. The molecular weight excluding hydrogens is 509 g/mol. The van der Waals surface area contributed by atoms with Crippen LogP contribution < -0.4 is 9.77 Å². The van der Waals surface area contributed by atoms with Gasteiger partial charge in [-0.05, 0) is 41.9 Å². The van der Waals surface area contributed by atoms with Crippen LogP contribution in [0.4, 0.5) is 18.9 Å². The molecule has 4 aliphatic rings. The van der Waals surface area contributed by atoms with Crippen LogP contribution in [-0.4, -0.2) is 22.0 Å². The number of carbonyl (C=O) groups excluding carboxylic acids is 2. The highest BCUT2D eigenvalue weighted by molar-refractivity contribution is 8.00. The molecule has 7 atom stereocenters. The summed E-state index contributed by atoms with van der Waals surface area (Å²) in [5.74, 6) is -2.73. The minimum atomic E-state index is -4.68. The van der Waals surface area contributed by atoms with Crippen molar-refractivity contribution < 1.29 is 22.8 Å². The number of benzene rings is 2. The third kappa shape index (κ3) is 2.94. The molecule has 2 aliphatic heterocycles. The van der Waals surface area contributed by atoms with Crippen molar-refractivity contribution >= 4 is 40.6 Å². The van der Waals surface area contributed by atoms with Crippen LogP contribution in [0, 0.1) is 29.6 Å². The maximum Gasteiger partial charge on any atom is 0.418 e. The Morgan fingerprint density at radius 3 is 2.28 bits per heavy atom. The molecular formula is C26H19F3N2O3S2. The average molecular weight is 529 g/mol. The second-order valence-corrected chi connectivity index (χ2v) is 12.1. The zero-order valence-electron chi connectivity index (χ0n) is 18.6. The molecule has 2 aliphatic carbocycles. The molecule has 0 radical (unpaired) electrons. The Hall–Kier alpha value is -2.85. The van der Waals surface area contributed by atoms with Crippen molar-refractivity contribution in [3.8, 4) is 0 Å². The van der Waals surface area contributed by atoms with E-state index in [1.807, 2.05) is 30.3 Å². The fourth-order valence-electron chi connectivity index (χ4n) is 7.20. The summed E-state index contributed by atoms with van der Waals surface area (Å²) in [6.45, 7) is 0. The lowest BCUT2D eigenvalue weighted by molar-refractivity contribution is -0.137. The number of aromatic amines is 1. The number of fused-ring (bicyclic) bond motifs is 9. The van der Waals surface area contributed by atoms with Crippen LogP contribution >= 0.6 is 23.1 Å². The molecule has 1 aromatic heterocycles. The summed E-state index contributed by atoms with van der Waals surface area (Å²) in [5, 5.41) is 0.800. The fourth-order valence-corrected chi connectivity index (χ4v) is 10.1. The Morgan fingerprint density at radius 1 is 0.889 bits per heavy atom. The highest BCUT2D eigenvalue weighted by Crippen LogP contribution is 2.68. The molecule has 2 aromatic carbocycles. The second-order valence-electron chi connectivity index (χ2n) is 9.90. The Bertz CT molecular complexity index is 1470. The van der Waals surface area contributed by atoms with Gasteiger partial charge in [-0.25, -0.2) is 4.90 Å². The summed E-state index contributed by atoms with van der Waals surface area (Å²) in [6.07, 6.45) is -4.00. The summed E-state index contributed by atoms with van der Waals surface area (Å²) in [6, 6.07) is 14.6. The van der Waals surface area contributed by atoms with E-state index in [0.29, 0.717) is 6.42 Å². The number of thiazole rings is 1. The molecule has 6 unspecified atom stereocenters. The first kappa shape index (κ1) is 22.4. The summed E-state index contributed by atoms with van der Waals surface area (Å²) in [5.41, 5.74) is -0.315. The van der Waals surface area contributed by atoms with E-state index >= 15 is 0 Å². The van der Waals surface area contributed by atoms with Crippen LogP contribution in [0.25, 0.3) is 0 Å². The maximum absolute atomic E-state index is 13.8. The Morgan fingerprint density at radius 2 is 1.56 bits per heavy atom. The van der Waals surface area contributed by atoms with Gasteiger partial charge in [0.05, 0.1) is 28.1 Å². The summed E-state index contributed by atoms with van der Waals surface area (Å²) >= 11 is 2.74. The number of nitrogens with one attached hydrogen (secondary N) is 1. The van der Waals surface area contributed by atoms with Crippen molar-refractivity contribution in [2.45, 2.75) is 28.8 Å². The van der Waals surface area contributed by atoms with Crippen LogP contribution in [0.2, 0.25) is 0 Å². The van der Waals surface area contributed by atoms with E-state index in [2.05, 4.69) is 4.98 Å². The summed E-state index contributed by atoms with van der Waals surface area (Å²) in [7, 11) is 0. The molecule has 36 heavy (non-hydrogen) atoms. The van der Waals surface area contributed by atoms with Crippen LogP contribution in [0.15, 0.2) is 64.4 Å². The lowest BCUT2D eigenvalue weighted by Crippen LogP contribution is -2.42. The number of hydrogen-bond donors (Lipinski definition) is 1. The van der Waals surface area contributed by atoms with Gasteiger partial charge in [-0.1, -0.05) is 53.8 Å². The number of H-pyrrole nitrogens is 1. The summed E-state index contributed by atoms with van der Waals surface area (Å²) < 4.78 is 41.3. The van der Waals surface area contributed by atoms with Gasteiger partial charge in [0.1, 0.15) is 0 Å². The van der Waals surface area contributed by atoms with E-state index in [4.69, 9.17) is 0 Å². The Kier molecular flexibility index (Phi) is 4.71. The largest absolute Gasteiger partial charge is 0.418 e. The number of imide groups is 1. The number of thioether (sulfide) groups is 1. The molecule has 2 saturated carbocycles. The number of nitrogens with zero attached hydrogens (tertiary/aromatic N) is 1. The monoisotopic (exact) mass is 528 g/mol. The fraction of sp³-hybridized carbons (Fsp3) is 0.346. The zero-order valence-corrected chi connectivity index (χ0v) is 20.2. The van der Waals surface area contributed by atoms with Gasteiger partial charge in [0.15, 0.2) is 0 Å². The predicted octanol–water partition coefficient (Wildman–Crippen LogP) is 5.13. The van der Waals surface area contributed by atoms with Crippen LogP contribution in [0.5, 0.6) is 0 Å². The number of aromatic nitrogens is 1. The van der Waals surface area contributed by atoms with Gasteiger partial charge in [-0.3, -0.25) is 14.4 Å². The number of carbonyl (C=O) groups is 2. The minimum Gasteiger partial charge on any atom is -0.307 e. The standard InChI is InChI=1S/C26H19F3N2O3S2/c27-26(28,29)14-8-4-5-9-15(14)31-23(32)18-12-10-13(19(18)24(31)33)20-17(12)16(11-6-2-1-3-7-11)21-22(35-20)30-25(34)36-21/h1-9,12-13,16-20H,10H2,(H,30,34)/t12?,13?,16-,17?,18?,19?,20?/m1/s1. The zero-order chi connectivity index (χ0) is 24.9. The molecule has 1 N–H and O–H groups in total. The third-order valence-corrected chi connectivity index (χ3v) is 10.9. The average Bonchev–Trinajstić information content (AvgIpc) is 3.58. The van der Waals surface area contributed by atoms with Gasteiger partial charge in [-0.15, -0.1) is 11.8 Å². The minimum absolute atomic E-state index is 0.00577. The van der Waals surface area contributed by atoms with Gasteiger partial charge in [-0.2, -0.15) is 13.2 Å². The smallest absolute Gasteiger partial charge is 0.307 e. The van der Waals surface area contributed by atoms with Crippen LogP contribution in [0.1, 0.15) is 28.3 Å². The molecule has 2 bridgehead atoms. The van der Waals surface area contributed by atoms with E-state index in [0.717, 1.165) is 26.4 Å². The lowest BCUT2D eigenvalue weighted by atomic mass is 9.68. The number of amides is 2. The van der Waals surface area contributed by atoms with Gasteiger partial charge in [0, 0.05) is 16.0 Å². The number of alkyl halides is 3. The molecule has 2 amide bonds. The Labute approximate surface area is 211 Å². The first-order chi connectivity index (χ1) is 17.3. The second kappa shape index (κ2) is 7.58. The van der Waals surface area contributed by atoms with Crippen LogP contribution in [0.3, 0.4) is 0 Å². The molecule has 7 rings (SSSR count). The third-order valence-electron chi connectivity index (χ3n) is 8.33. The van der Waals surface area contributed by atoms with Crippen molar-refractivity contribution in [3.05, 3.63) is 80.3 Å². The quantitative estimate of drug-likeness (QED) is 0.468. The first-order valence-electron chi connectivity index (χ1n) is 11.7. The van der Waals surface area contributed by atoms with Crippen molar-refractivity contribution in [2.24, 2.45) is 29.6 Å². The number of anilines is 1. The van der Waals surface area contributed by atoms with Crippen molar-refractivity contribution in [2.75, 3.05) is 4.90 Å². The van der Waals surface area contributed by atoms with Crippen molar-refractivity contribution in [1.29, 1.82) is 0 Å². The summed E-state index contributed by atoms with van der Waals surface area (Å²) in [4.78, 5) is 44.2. The number of halogens is 3. The highest BCUT2D eigenvalue weighted by atomic mass is 32.2. The lowest BCUT2D eigenvalue weighted by Gasteiger charge is -2.43. The molecule has 3 fully saturated rings. The topological polar surface area (TPSA) is 70.2 Å². The van der Waals surface area contributed by atoms with Crippen LogP contribution in [-0.2, 0) is 15.8 Å². The van der Waals surface area contributed by atoms with Crippen molar-refractivity contribution in [3.63, 3.8) is 0 Å². The maximum atomic E-state index is 13.8. The number of para-hydroxylation sites is 1. The Balaban J connectivity index is 1.33. The molecule has 5 nitrogen and oxygen atoms in total. The molecule has 10 heteroatoms. The van der Waals surface area contributed by atoms with E-state index in [1.54, 1.807) is 11.8 Å². The molecule has 3 heterocycles. The number of rotatable bonds is 2. The number of hydrogen-bond acceptors (Lipinski definition) is 5. The van der Waals surface area contributed by atoms with E-state index in [9.17, 15) is 27.6 Å². The van der Waals surface area contributed by atoms with Gasteiger partial charge in [0.25, 0.3) is 0 Å². The van der Waals surface area contributed by atoms with Gasteiger partial charge < -0.3 is 4.98 Å². The predicted molar refractivity (Wildman–Crippen MR) is 129 cm³/mol. The first-order valence-corrected chi connectivity index (χ1v) is 13.4. The SMILES string of the molecule is O=C1C2C3CC(C2C(=O)N1c1ccccc1C(F)(F)F)C1C3Sc2[nH]c(=O)sc2[C@@H]1c1ccccc1. The van der Waals surface area contributed by atoms with Gasteiger partial charge >= 0.3 is 11.0 Å². The highest BCUT2D eigenvalue weighted by Gasteiger charge is 2.70. The van der Waals surface area contributed by atoms with Crippen molar-refractivity contribution in [1.82, 2.24) is 4.98 Å². The van der Waals surface area contributed by atoms with Gasteiger partial charge in [0.2, 0.25) is 11.8 Å². The normalized spacial score (nSPS) is 32.5. The molecule has 0 spiro atoms. The molecule has 1 saturated heterocycles. The van der Waals surface area contributed by atoms with E-state index < -0.39 is 35.4 Å². The molecule has 3 aromatic rings.